The van der Waals surface area contributed by atoms with Gasteiger partial charge >= 0.3 is 0 Å². The lowest BCUT2D eigenvalue weighted by molar-refractivity contribution is 0.415. The van der Waals surface area contributed by atoms with Crippen LogP contribution in [0.25, 0.3) is 16.9 Å². The summed E-state index contributed by atoms with van der Waals surface area (Å²) in [7, 11) is 1.66. The number of rotatable bonds is 6. The van der Waals surface area contributed by atoms with Crippen LogP contribution in [-0.4, -0.2) is 31.9 Å². The van der Waals surface area contributed by atoms with Crippen LogP contribution in [0.2, 0.25) is 0 Å². The summed E-state index contributed by atoms with van der Waals surface area (Å²) >= 11 is 0. The zero-order valence-corrected chi connectivity index (χ0v) is 14.7. The van der Waals surface area contributed by atoms with Gasteiger partial charge in [-0.1, -0.05) is 6.92 Å². The molecule has 0 spiro atoms. The molecule has 132 valence electrons. The number of nitrogens with one attached hydrogen (secondary N) is 2. The van der Waals surface area contributed by atoms with Crippen molar-refractivity contribution >= 4 is 11.5 Å². The molecule has 4 rings (SSSR count). The van der Waals surface area contributed by atoms with E-state index in [0.29, 0.717) is 6.54 Å². The number of fused-ring (bicyclic) bond motifs is 1. The Morgan fingerprint density at radius 3 is 2.81 bits per heavy atom. The predicted octanol–water partition coefficient (Wildman–Crippen LogP) is 3.30. The summed E-state index contributed by atoms with van der Waals surface area (Å²) in [4.78, 5) is 4.57. The number of aromatic amines is 1. The quantitative estimate of drug-likeness (QED) is 0.559. The van der Waals surface area contributed by atoms with Crippen LogP contribution < -0.4 is 10.1 Å². The summed E-state index contributed by atoms with van der Waals surface area (Å²) in [5.41, 5.74) is 5.00. The average Bonchev–Trinajstić information content (AvgIpc) is 3.35. The van der Waals surface area contributed by atoms with Crippen LogP contribution in [0.5, 0.6) is 5.75 Å². The second-order valence-electron chi connectivity index (χ2n) is 5.94. The normalized spacial score (nSPS) is 11.0. The molecule has 0 radical (unpaired) electrons. The third-order valence-corrected chi connectivity index (χ3v) is 4.33. The van der Waals surface area contributed by atoms with Gasteiger partial charge in [0.15, 0.2) is 5.65 Å². The highest BCUT2D eigenvalue weighted by molar-refractivity contribution is 5.64. The first-order valence-electron chi connectivity index (χ1n) is 8.52. The van der Waals surface area contributed by atoms with Crippen molar-refractivity contribution in [3.05, 3.63) is 60.0 Å². The van der Waals surface area contributed by atoms with Gasteiger partial charge in [0.25, 0.3) is 0 Å². The SMILES string of the molecule is CCc1cc(NCc2cn[nH]c2-c2ccc(OC)cc2)n2nccc2n1. The van der Waals surface area contributed by atoms with Gasteiger partial charge in [-0.3, -0.25) is 5.10 Å². The van der Waals surface area contributed by atoms with Crippen molar-refractivity contribution < 1.29 is 4.74 Å². The zero-order chi connectivity index (χ0) is 17.9. The van der Waals surface area contributed by atoms with E-state index < -0.39 is 0 Å². The Bertz CT molecular complexity index is 1020. The number of aromatic nitrogens is 5. The van der Waals surface area contributed by atoms with Gasteiger partial charge < -0.3 is 10.1 Å². The maximum atomic E-state index is 5.22. The fraction of sp³-hybridized carbons (Fsp3) is 0.211. The molecule has 0 bridgehead atoms. The fourth-order valence-electron chi connectivity index (χ4n) is 2.91. The molecule has 3 aromatic heterocycles. The first-order valence-corrected chi connectivity index (χ1v) is 8.52. The van der Waals surface area contributed by atoms with Gasteiger partial charge in [0.2, 0.25) is 0 Å². The van der Waals surface area contributed by atoms with E-state index in [1.54, 1.807) is 13.3 Å². The molecule has 1 aromatic carbocycles. The van der Waals surface area contributed by atoms with Gasteiger partial charge in [-0.05, 0) is 30.7 Å². The number of hydrogen-bond acceptors (Lipinski definition) is 5. The first kappa shape index (κ1) is 16.1. The summed E-state index contributed by atoms with van der Waals surface area (Å²) in [5.74, 6) is 1.75. The Hall–Kier alpha value is -3.35. The first-order chi connectivity index (χ1) is 12.8. The summed E-state index contributed by atoms with van der Waals surface area (Å²) in [6, 6.07) is 11.9. The van der Waals surface area contributed by atoms with E-state index in [9.17, 15) is 0 Å². The second-order valence-corrected chi connectivity index (χ2v) is 5.94. The van der Waals surface area contributed by atoms with E-state index in [4.69, 9.17) is 4.74 Å². The van der Waals surface area contributed by atoms with Gasteiger partial charge in [0.05, 0.1) is 25.2 Å². The summed E-state index contributed by atoms with van der Waals surface area (Å²) in [5, 5.41) is 15.1. The molecule has 0 atom stereocenters. The largest absolute Gasteiger partial charge is 0.497 e. The Kier molecular flexibility index (Phi) is 4.27. The van der Waals surface area contributed by atoms with E-state index >= 15 is 0 Å². The number of ether oxygens (including phenoxy) is 1. The van der Waals surface area contributed by atoms with Crippen LogP contribution in [-0.2, 0) is 13.0 Å². The number of anilines is 1. The maximum Gasteiger partial charge on any atom is 0.157 e. The van der Waals surface area contributed by atoms with E-state index in [2.05, 4.69) is 32.5 Å². The van der Waals surface area contributed by atoms with Gasteiger partial charge in [0, 0.05) is 35.5 Å². The van der Waals surface area contributed by atoms with Crippen molar-refractivity contribution in [3.8, 4) is 17.0 Å². The van der Waals surface area contributed by atoms with E-state index in [0.717, 1.165) is 46.2 Å². The minimum Gasteiger partial charge on any atom is -0.497 e. The molecule has 7 nitrogen and oxygen atoms in total. The van der Waals surface area contributed by atoms with Crippen molar-refractivity contribution in [2.24, 2.45) is 0 Å². The molecule has 0 aliphatic heterocycles. The molecule has 0 aliphatic rings. The Morgan fingerprint density at radius 1 is 1.19 bits per heavy atom. The van der Waals surface area contributed by atoms with Crippen LogP contribution >= 0.6 is 0 Å². The van der Waals surface area contributed by atoms with Crippen LogP contribution in [0.15, 0.2) is 48.8 Å². The second kappa shape index (κ2) is 6.87. The highest BCUT2D eigenvalue weighted by Gasteiger charge is 2.10. The topological polar surface area (TPSA) is 80.1 Å². The zero-order valence-electron chi connectivity index (χ0n) is 14.7. The third-order valence-electron chi connectivity index (χ3n) is 4.33. The van der Waals surface area contributed by atoms with E-state index in [1.807, 2.05) is 47.1 Å². The number of nitrogens with zero attached hydrogens (tertiary/aromatic N) is 4. The molecule has 0 unspecified atom stereocenters. The highest BCUT2D eigenvalue weighted by atomic mass is 16.5. The van der Waals surface area contributed by atoms with Crippen molar-refractivity contribution in [2.75, 3.05) is 12.4 Å². The monoisotopic (exact) mass is 348 g/mol. The van der Waals surface area contributed by atoms with Crippen LogP contribution in [0, 0.1) is 0 Å². The lowest BCUT2D eigenvalue weighted by atomic mass is 10.1. The Labute approximate surface area is 151 Å². The summed E-state index contributed by atoms with van der Waals surface area (Å²) in [6.07, 6.45) is 4.47. The van der Waals surface area contributed by atoms with Gasteiger partial charge in [-0.15, -0.1) is 0 Å². The molecule has 0 amide bonds. The number of benzene rings is 1. The molecule has 26 heavy (non-hydrogen) atoms. The number of methoxy groups -OCH3 is 1. The number of aryl methyl sites for hydroxylation is 1. The van der Waals surface area contributed by atoms with Gasteiger partial charge in [-0.2, -0.15) is 14.7 Å². The molecule has 4 aromatic rings. The van der Waals surface area contributed by atoms with Crippen LogP contribution in [0.3, 0.4) is 0 Å². The number of H-pyrrole nitrogens is 1. The van der Waals surface area contributed by atoms with Crippen molar-refractivity contribution in [2.45, 2.75) is 19.9 Å². The third kappa shape index (κ3) is 2.99. The Morgan fingerprint density at radius 2 is 2.04 bits per heavy atom. The maximum absolute atomic E-state index is 5.22. The summed E-state index contributed by atoms with van der Waals surface area (Å²) < 4.78 is 7.04. The fourth-order valence-corrected chi connectivity index (χ4v) is 2.91. The summed E-state index contributed by atoms with van der Waals surface area (Å²) in [6.45, 7) is 2.72. The van der Waals surface area contributed by atoms with Crippen LogP contribution in [0.1, 0.15) is 18.2 Å². The Balaban J connectivity index is 1.59. The standard InChI is InChI=1S/C19H20N6O/c1-3-15-10-18(25-17(23-15)8-9-22-25)20-11-14-12-21-24-19(14)13-4-6-16(26-2)7-5-13/h4-10,12,20H,3,11H2,1-2H3,(H,21,24). The molecule has 7 heteroatoms. The van der Waals surface area contributed by atoms with Gasteiger partial charge in [0.1, 0.15) is 11.6 Å². The van der Waals surface area contributed by atoms with Crippen molar-refractivity contribution in [1.82, 2.24) is 24.8 Å². The van der Waals surface area contributed by atoms with Crippen molar-refractivity contribution in [3.63, 3.8) is 0 Å². The molecule has 0 saturated carbocycles. The molecule has 0 saturated heterocycles. The van der Waals surface area contributed by atoms with Crippen molar-refractivity contribution in [1.29, 1.82) is 0 Å². The highest BCUT2D eigenvalue weighted by Crippen LogP contribution is 2.24. The molecular weight excluding hydrogens is 328 g/mol. The minimum atomic E-state index is 0.625. The molecule has 3 heterocycles. The van der Waals surface area contributed by atoms with Gasteiger partial charge in [-0.25, -0.2) is 4.98 Å². The lowest BCUT2D eigenvalue weighted by Gasteiger charge is -2.10. The molecule has 2 N–H and O–H groups in total. The molecule has 0 aliphatic carbocycles. The average molecular weight is 348 g/mol. The minimum absolute atomic E-state index is 0.625. The smallest absolute Gasteiger partial charge is 0.157 e. The van der Waals surface area contributed by atoms with E-state index in [-0.39, 0.29) is 0 Å². The van der Waals surface area contributed by atoms with Crippen LogP contribution in [0.4, 0.5) is 5.82 Å². The lowest BCUT2D eigenvalue weighted by Crippen LogP contribution is -2.07. The van der Waals surface area contributed by atoms with E-state index in [1.165, 1.54) is 0 Å². The number of hydrogen-bond donors (Lipinski definition) is 2. The molecule has 0 fully saturated rings. The molecular formula is C19H20N6O. The predicted molar refractivity (Wildman–Crippen MR) is 100 cm³/mol.